The second kappa shape index (κ2) is 7.72. The minimum absolute atomic E-state index is 0.153. The number of nitrogens with zero attached hydrogens (tertiary/aromatic N) is 3. The number of amides is 2. The number of rotatable bonds is 5. The Labute approximate surface area is 163 Å². The highest BCUT2D eigenvalue weighted by atomic mass is 16.2. The van der Waals surface area contributed by atoms with Gasteiger partial charge in [0.25, 0.3) is 0 Å². The highest BCUT2D eigenvalue weighted by Gasteiger charge is 2.33. The second-order valence-electron chi connectivity index (χ2n) is 7.39. The van der Waals surface area contributed by atoms with Crippen molar-refractivity contribution in [1.82, 2.24) is 0 Å². The maximum Gasteiger partial charge on any atom is 0.250 e. The quantitative estimate of drug-likeness (QED) is 0.779. The summed E-state index contributed by atoms with van der Waals surface area (Å²) in [6.45, 7) is 5.47. The zero-order valence-corrected chi connectivity index (χ0v) is 16.1. The van der Waals surface area contributed by atoms with E-state index < -0.39 is 11.9 Å². The maximum atomic E-state index is 12.2. The number of carbonyl (C=O) groups is 2. The van der Waals surface area contributed by atoms with Crippen LogP contribution in [0.25, 0.3) is 0 Å². The van der Waals surface area contributed by atoms with Crippen LogP contribution in [0.4, 0.5) is 11.4 Å². The number of nitrogens with one attached hydrogen (secondary N) is 1. The van der Waals surface area contributed by atoms with Crippen molar-refractivity contribution in [3.05, 3.63) is 59.7 Å². The standard InChI is InChI=1S/C21H23N5O2/c1-13(27)23-15-8-10-16(11-9-15)25-26-19(20(22)28)18-17-7-5-4-6-14(17)12-21(2,3)24-18/h4-11,19H,12H2,1-3H3,(H2,22,28)(H,23,27). The van der Waals surface area contributed by atoms with Crippen molar-refractivity contribution in [2.75, 3.05) is 5.32 Å². The molecule has 3 N–H and O–H groups in total. The molecule has 1 atom stereocenters. The number of primary amides is 1. The lowest BCUT2D eigenvalue weighted by Gasteiger charge is -2.30. The molecular weight excluding hydrogens is 354 g/mol. The SMILES string of the molecule is CC(=O)Nc1ccc(N=NC(C(N)=O)C2=NC(C)(C)Cc3ccccc32)cc1. The first kappa shape index (κ1) is 19.4. The summed E-state index contributed by atoms with van der Waals surface area (Å²) in [7, 11) is 0. The number of carbonyl (C=O) groups excluding carboxylic acids is 2. The minimum atomic E-state index is -0.976. The Balaban J connectivity index is 1.91. The van der Waals surface area contributed by atoms with Gasteiger partial charge in [-0.25, -0.2) is 0 Å². The summed E-state index contributed by atoms with van der Waals surface area (Å²) in [4.78, 5) is 28.0. The molecule has 144 valence electrons. The van der Waals surface area contributed by atoms with Gasteiger partial charge in [0.05, 0.1) is 16.9 Å². The average Bonchev–Trinajstić information content (AvgIpc) is 2.61. The fraction of sp³-hybridized carbons (Fsp3) is 0.286. The van der Waals surface area contributed by atoms with Crippen LogP contribution in [0.15, 0.2) is 63.8 Å². The molecule has 2 aromatic carbocycles. The Morgan fingerprint density at radius 3 is 2.46 bits per heavy atom. The first-order valence-electron chi connectivity index (χ1n) is 9.01. The van der Waals surface area contributed by atoms with Crippen LogP contribution in [-0.2, 0) is 16.0 Å². The fourth-order valence-electron chi connectivity index (χ4n) is 3.21. The molecule has 7 heteroatoms. The number of nitrogens with two attached hydrogens (primary N) is 1. The summed E-state index contributed by atoms with van der Waals surface area (Å²) in [6.07, 6.45) is 0.778. The molecular formula is C21H23N5O2. The van der Waals surface area contributed by atoms with Gasteiger partial charge in [0.15, 0.2) is 6.04 Å². The molecule has 0 aromatic heterocycles. The van der Waals surface area contributed by atoms with Crippen molar-refractivity contribution in [1.29, 1.82) is 0 Å². The van der Waals surface area contributed by atoms with Gasteiger partial charge in [0.1, 0.15) is 0 Å². The predicted octanol–water partition coefficient (Wildman–Crippen LogP) is 3.41. The number of azo groups is 1. The highest BCUT2D eigenvalue weighted by Crippen LogP contribution is 2.29. The van der Waals surface area contributed by atoms with Crippen molar-refractivity contribution in [3.63, 3.8) is 0 Å². The van der Waals surface area contributed by atoms with Gasteiger partial charge in [0.2, 0.25) is 11.8 Å². The lowest BCUT2D eigenvalue weighted by atomic mass is 9.85. The number of benzene rings is 2. The molecule has 2 amide bonds. The van der Waals surface area contributed by atoms with E-state index in [0.29, 0.717) is 17.1 Å². The monoisotopic (exact) mass is 377 g/mol. The van der Waals surface area contributed by atoms with Crippen LogP contribution in [-0.4, -0.2) is 29.1 Å². The summed E-state index contributed by atoms with van der Waals surface area (Å²) < 4.78 is 0. The van der Waals surface area contributed by atoms with Gasteiger partial charge in [-0.05, 0) is 50.1 Å². The largest absolute Gasteiger partial charge is 0.367 e. The Bertz CT molecular complexity index is 961. The van der Waals surface area contributed by atoms with Gasteiger partial charge in [-0.3, -0.25) is 14.6 Å². The smallest absolute Gasteiger partial charge is 0.250 e. The first-order chi connectivity index (χ1) is 13.2. The highest BCUT2D eigenvalue weighted by molar-refractivity contribution is 6.17. The van der Waals surface area contributed by atoms with Gasteiger partial charge in [0, 0.05) is 18.2 Å². The zero-order valence-electron chi connectivity index (χ0n) is 16.1. The van der Waals surface area contributed by atoms with E-state index in [1.807, 2.05) is 38.1 Å². The van der Waals surface area contributed by atoms with E-state index in [2.05, 4.69) is 15.5 Å². The second-order valence-corrected chi connectivity index (χ2v) is 7.39. The molecule has 0 bridgehead atoms. The van der Waals surface area contributed by atoms with Gasteiger partial charge >= 0.3 is 0 Å². The molecule has 0 saturated heterocycles. The molecule has 3 rings (SSSR count). The molecule has 0 fully saturated rings. The topological polar surface area (TPSA) is 109 Å². The van der Waals surface area contributed by atoms with Crippen molar-refractivity contribution >= 4 is 28.9 Å². The van der Waals surface area contributed by atoms with Crippen LogP contribution in [0.2, 0.25) is 0 Å². The van der Waals surface area contributed by atoms with E-state index in [1.54, 1.807) is 24.3 Å². The Morgan fingerprint density at radius 2 is 1.82 bits per heavy atom. The Hall–Kier alpha value is -3.35. The van der Waals surface area contributed by atoms with Crippen LogP contribution in [0.1, 0.15) is 31.9 Å². The average molecular weight is 377 g/mol. The van der Waals surface area contributed by atoms with Crippen LogP contribution in [0.3, 0.4) is 0 Å². The van der Waals surface area contributed by atoms with Crippen LogP contribution in [0.5, 0.6) is 0 Å². The third-order valence-electron chi connectivity index (χ3n) is 4.34. The van der Waals surface area contributed by atoms with Crippen LogP contribution >= 0.6 is 0 Å². The molecule has 1 aliphatic rings. The molecule has 1 unspecified atom stereocenters. The van der Waals surface area contributed by atoms with E-state index in [1.165, 1.54) is 6.92 Å². The lowest BCUT2D eigenvalue weighted by Crippen LogP contribution is -2.40. The molecule has 0 radical (unpaired) electrons. The molecule has 28 heavy (non-hydrogen) atoms. The lowest BCUT2D eigenvalue weighted by molar-refractivity contribution is -0.118. The Kier molecular flexibility index (Phi) is 5.35. The number of fused-ring (bicyclic) bond motifs is 1. The summed E-state index contributed by atoms with van der Waals surface area (Å²) >= 11 is 0. The third-order valence-corrected chi connectivity index (χ3v) is 4.34. The summed E-state index contributed by atoms with van der Waals surface area (Å²) in [6, 6.07) is 13.7. The normalized spacial score (nSPS) is 16.2. The molecule has 7 nitrogen and oxygen atoms in total. The Morgan fingerprint density at radius 1 is 1.14 bits per heavy atom. The van der Waals surface area contributed by atoms with E-state index in [9.17, 15) is 9.59 Å². The molecule has 0 aliphatic carbocycles. The summed E-state index contributed by atoms with van der Waals surface area (Å²) in [5.74, 6) is -0.760. The van der Waals surface area contributed by atoms with Crippen molar-refractivity contribution in [2.24, 2.45) is 21.0 Å². The first-order valence-corrected chi connectivity index (χ1v) is 9.01. The number of hydrogen-bond acceptors (Lipinski definition) is 5. The van der Waals surface area contributed by atoms with E-state index in [0.717, 1.165) is 17.5 Å². The predicted molar refractivity (Wildman–Crippen MR) is 109 cm³/mol. The molecule has 2 aromatic rings. The molecule has 0 saturated carbocycles. The molecule has 0 spiro atoms. The summed E-state index contributed by atoms with van der Waals surface area (Å²) in [5.41, 5.74) is 9.01. The van der Waals surface area contributed by atoms with Crippen molar-refractivity contribution in [2.45, 2.75) is 38.8 Å². The fourth-order valence-corrected chi connectivity index (χ4v) is 3.21. The van der Waals surface area contributed by atoms with Gasteiger partial charge in [-0.2, -0.15) is 10.2 Å². The third kappa shape index (κ3) is 4.49. The van der Waals surface area contributed by atoms with Crippen molar-refractivity contribution in [3.8, 4) is 0 Å². The minimum Gasteiger partial charge on any atom is -0.367 e. The number of hydrogen-bond donors (Lipinski definition) is 2. The van der Waals surface area contributed by atoms with E-state index >= 15 is 0 Å². The van der Waals surface area contributed by atoms with Crippen LogP contribution < -0.4 is 11.1 Å². The van der Waals surface area contributed by atoms with Crippen molar-refractivity contribution < 1.29 is 9.59 Å². The van der Waals surface area contributed by atoms with Crippen LogP contribution in [0, 0.1) is 0 Å². The van der Waals surface area contributed by atoms with E-state index in [4.69, 9.17) is 10.7 Å². The van der Waals surface area contributed by atoms with Gasteiger partial charge in [-0.15, -0.1) is 0 Å². The number of aliphatic imine (C=N–C) groups is 1. The molecule has 1 heterocycles. The zero-order chi connectivity index (χ0) is 20.3. The summed E-state index contributed by atoms with van der Waals surface area (Å²) in [5, 5.41) is 11.1. The number of anilines is 1. The maximum absolute atomic E-state index is 12.2. The van der Waals surface area contributed by atoms with E-state index in [-0.39, 0.29) is 11.4 Å². The van der Waals surface area contributed by atoms with Gasteiger partial charge < -0.3 is 11.1 Å². The molecule has 1 aliphatic heterocycles. The van der Waals surface area contributed by atoms with Gasteiger partial charge in [-0.1, -0.05) is 24.3 Å².